The van der Waals surface area contributed by atoms with Crippen LogP contribution in [0.4, 0.5) is 0 Å². The zero-order valence-electron chi connectivity index (χ0n) is 10.1. The second kappa shape index (κ2) is 6.32. The number of hydrogen-bond donors (Lipinski definition) is 2. The van der Waals surface area contributed by atoms with Gasteiger partial charge in [0.1, 0.15) is 0 Å². The molecule has 1 heterocycles. The highest BCUT2D eigenvalue weighted by molar-refractivity contribution is 7.89. The average Bonchev–Trinajstić information content (AvgIpc) is 2.15. The van der Waals surface area contributed by atoms with Crippen LogP contribution in [0.25, 0.3) is 0 Å². The summed E-state index contributed by atoms with van der Waals surface area (Å²) in [5.74, 6) is -1.07. The van der Waals surface area contributed by atoms with Gasteiger partial charge in [0.25, 0.3) is 0 Å². The van der Waals surface area contributed by atoms with Gasteiger partial charge >= 0.3 is 5.97 Å². The van der Waals surface area contributed by atoms with Crippen molar-refractivity contribution in [2.75, 3.05) is 25.9 Å². The summed E-state index contributed by atoms with van der Waals surface area (Å²) in [6, 6.07) is -0.0384. The van der Waals surface area contributed by atoms with Gasteiger partial charge < -0.3 is 10.0 Å². The van der Waals surface area contributed by atoms with Crippen LogP contribution in [-0.2, 0) is 14.8 Å². The third-order valence-corrected chi connectivity index (χ3v) is 4.29. The van der Waals surface area contributed by atoms with Crippen molar-refractivity contribution in [1.82, 2.24) is 9.62 Å². The maximum atomic E-state index is 11.7. The molecule has 1 rings (SSSR count). The Balaban J connectivity index is 2.35. The topological polar surface area (TPSA) is 86.7 Å². The van der Waals surface area contributed by atoms with E-state index in [2.05, 4.69) is 9.62 Å². The Morgan fingerprint density at radius 3 is 2.82 bits per heavy atom. The van der Waals surface area contributed by atoms with Gasteiger partial charge in [-0.05, 0) is 32.9 Å². The van der Waals surface area contributed by atoms with Crippen molar-refractivity contribution in [2.24, 2.45) is 0 Å². The third-order valence-electron chi connectivity index (χ3n) is 2.77. The number of carbonyl (C=O) groups is 1. The molecule has 1 fully saturated rings. The molecule has 100 valence electrons. The Morgan fingerprint density at radius 1 is 1.53 bits per heavy atom. The molecular weight excluding hydrogens is 244 g/mol. The van der Waals surface area contributed by atoms with Gasteiger partial charge in [-0.1, -0.05) is 0 Å². The molecule has 7 heteroatoms. The number of aliphatic carboxylic acids is 1. The lowest BCUT2D eigenvalue weighted by molar-refractivity contribution is -0.137. The van der Waals surface area contributed by atoms with E-state index in [1.807, 2.05) is 7.05 Å². The van der Waals surface area contributed by atoms with Crippen LogP contribution in [0, 0.1) is 0 Å². The lowest BCUT2D eigenvalue weighted by Crippen LogP contribution is -2.46. The second-order valence-electron chi connectivity index (χ2n) is 4.54. The molecule has 1 aliphatic rings. The number of nitrogens with zero attached hydrogens (tertiary/aromatic N) is 1. The van der Waals surface area contributed by atoms with Crippen molar-refractivity contribution in [2.45, 2.75) is 31.7 Å². The van der Waals surface area contributed by atoms with Crippen molar-refractivity contribution < 1.29 is 18.3 Å². The maximum Gasteiger partial charge on any atom is 0.303 e. The van der Waals surface area contributed by atoms with Crippen molar-refractivity contribution in [3.63, 3.8) is 0 Å². The van der Waals surface area contributed by atoms with Crippen LogP contribution in [0.5, 0.6) is 0 Å². The molecule has 17 heavy (non-hydrogen) atoms. The maximum absolute atomic E-state index is 11.7. The molecule has 0 bridgehead atoms. The number of sulfonamides is 1. The molecule has 0 saturated carbocycles. The molecule has 0 aromatic heterocycles. The van der Waals surface area contributed by atoms with E-state index in [-0.39, 0.29) is 24.6 Å². The van der Waals surface area contributed by atoms with Crippen LogP contribution in [0.2, 0.25) is 0 Å². The van der Waals surface area contributed by atoms with E-state index in [1.54, 1.807) is 0 Å². The first kappa shape index (κ1) is 14.4. The molecule has 0 spiro atoms. The lowest BCUT2D eigenvalue weighted by Gasteiger charge is -2.29. The van der Waals surface area contributed by atoms with Crippen LogP contribution in [0.1, 0.15) is 25.7 Å². The Labute approximate surface area is 102 Å². The molecule has 0 aromatic carbocycles. The van der Waals surface area contributed by atoms with Crippen LogP contribution >= 0.6 is 0 Å². The van der Waals surface area contributed by atoms with Gasteiger partial charge in [0.15, 0.2) is 0 Å². The molecule has 0 aromatic rings. The molecule has 6 nitrogen and oxygen atoms in total. The fraction of sp³-hybridized carbons (Fsp3) is 0.900. The first-order chi connectivity index (χ1) is 7.89. The highest BCUT2D eigenvalue weighted by atomic mass is 32.2. The van der Waals surface area contributed by atoms with Gasteiger partial charge in [0.2, 0.25) is 10.0 Å². The molecule has 0 amide bonds. The van der Waals surface area contributed by atoms with Gasteiger partial charge in [-0.2, -0.15) is 0 Å². The van der Waals surface area contributed by atoms with Crippen molar-refractivity contribution in [3.8, 4) is 0 Å². The molecule has 0 radical (unpaired) electrons. The standard InChI is InChI=1S/C10H20N2O4S/c1-12-6-2-4-9(8-12)11-17(15,16)7-3-5-10(13)14/h9,11H,2-8H2,1H3,(H,13,14). The summed E-state index contributed by atoms with van der Waals surface area (Å²) in [5, 5.41) is 8.44. The number of likely N-dealkylation sites (N-methyl/N-ethyl adjacent to an activating group) is 1. The summed E-state index contributed by atoms with van der Waals surface area (Å²) < 4.78 is 26.0. The number of piperidine rings is 1. The van der Waals surface area contributed by atoms with Crippen molar-refractivity contribution in [3.05, 3.63) is 0 Å². The number of hydrogen-bond acceptors (Lipinski definition) is 4. The van der Waals surface area contributed by atoms with E-state index in [0.29, 0.717) is 0 Å². The Morgan fingerprint density at radius 2 is 2.24 bits per heavy atom. The number of rotatable bonds is 6. The van der Waals surface area contributed by atoms with Gasteiger partial charge in [-0.3, -0.25) is 4.79 Å². The summed E-state index contributed by atoms with van der Waals surface area (Å²) in [4.78, 5) is 12.4. The average molecular weight is 264 g/mol. The lowest BCUT2D eigenvalue weighted by atomic mass is 10.1. The van der Waals surface area contributed by atoms with E-state index >= 15 is 0 Å². The monoisotopic (exact) mass is 264 g/mol. The molecule has 2 N–H and O–H groups in total. The third kappa shape index (κ3) is 5.99. The second-order valence-corrected chi connectivity index (χ2v) is 6.41. The first-order valence-electron chi connectivity index (χ1n) is 5.79. The highest BCUT2D eigenvalue weighted by Gasteiger charge is 2.22. The van der Waals surface area contributed by atoms with Crippen molar-refractivity contribution >= 4 is 16.0 Å². The fourth-order valence-electron chi connectivity index (χ4n) is 1.99. The van der Waals surface area contributed by atoms with E-state index in [1.165, 1.54) is 0 Å². The van der Waals surface area contributed by atoms with Gasteiger partial charge in [-0.15, -0.1) is 0 Å². The van der Waals surface area contributed by atoms with E-state index < -0.39 is 16.0 Å². The van der Waals surface area contributed by atoms with Crippen LogP contribution in [0.15, 0.2) is 0 Å². The van der Waals surface area contributed by atoms with Gasteiger partial charge in [0, 0.05) is 19.0 Å². The number of carboxylic acids is 1. The molecule has 1 saturated heterocycles. The predicted octanol–water partition coefficient (Wildman–Crippen LogP) is -0.135. The SMILES string of the molecule is CN1CCCC(NS(=O)(=O)CCCC(=O)O)C1. The summed E-state index contributed by atoms with van der Waals surface area (Å²) in [7, 11) is -1.38. The van der Waals surface area contributed by atoms with Crippen LogP contribution in [-0.4, -0.2) is 56.3 Å². The molecule has 1 aliphatic heterocycles. The summed E-state index contributed by atoms with van der Waals surface area (Å²) >= 11 is 0. The van der Waals surface area contributed by atoms with Crippen LogP contribution < -0.4 is 4.72 Å². The molecule has 1 atom stereocenters. The van der Waals surface area contributed by atoms with E-state index in [4.69, 9.17) is 5.11 Å². The molecule has 0 aliphatic carbocycles. The zero-order valence-corrected chi connectivity index (χ0v) is 10.9. The molecule has 1 unspecified atom stereocenters. The minimum Gasteiger partial charge on any atom is -0.481 e. The quantitative estimate of drug-likeness (QED) is 0.697. The number of nitrogens with one attached hydrogen (secondary N) is 1. The van der Waals surface area contributed by atoms with E-state index in [9.17, 15) is 13.2 Å². The smallest absolute Gasteiger partial charge is 0.303 e. The summed E-state index contributed by atoms with van der Waals surface area (Å²) in [6.07, 6.45) is 1.89. The zero-order chi connectivity index (χ0) is 12.9. The summed E-state index contributed by atoms with van der Waals surface area (Å²) in [6.45, 7) is 1.72. The van der Waals surface area contributed by atoms with Gasteiger partial charge in [0.05, 0.1) is 5.75 Å². The number of likely N-dealkylation sites (tertiary alicyclic amines) is 1. The normalized spacial score (nSPS) is 22.5. The largest absolute Gasteiger partial charge is 0.481 e. The highest BCUT2D eigenvalue weighted by Crippen LogP contribution is 2.09. The first-order valence-corrected chi connectivity index (χ1v) is 7.44. The van der Waals surface area contributed by atoms with Gasteiger partial charge in [-0.25, -0.2) is 13.1 Å². The summed E-state index contributed by atoms with van der Waals surface area (Å²) in [5.41, 5.74) is 0. The Bertz CT molecular complexity index is 355. The van der Waals surface area contributed by atoms with Crippen molar-refractivity contribution in [1.29, 1.82) is 0 Å². The Kier molecular flexibility index (Phi) is 5.35. The number of carboxylic acid groups (broad SMARTS) is 1. The minimum absolute atomic E-state index is 0.0384. The fourth-order valence-corrected chi connectivity index (χ4v) is 3.33. The predicted molar refractivity (Wildman–Crippen MR) is 64.3 cm³/mol. The van der Waals surface area contributed by atoms with Crippen LogP contribution in [0.3, 0.4) is 0 Å². The minimum atomic E-state index is -3.34. The van der Waals surface area contributed by atoms with E-state index in [0.717, 1.165) is 25.9 Å². The molecular formula is C10H20N2O4S. The Hall–Kier alpha value is -0.660.